The molecule has 0 spiro atoms. The van der Waals surface area contributed by atoms with E-state index < -0.39 is 5.97 Å². The van der Waals surface area contributed by atoms with Gasteiger partial charge < -0.3 is 9.84 Å². The summed E-state index contributed by atoms with van der Waals surface area (Å²) in [5.41, 5.74) is 2.03. The molecule has 15 heavy (non-hydrogen) atoms. The van der Waals surface area contributed by atoms with Crippen molar-refractivity contribution in [3.05, 3.63) is 47.2 Å². The maximum atomic E-state index is 11.1. The Hall–Kier alpha value is -1.77. The first-order chi connectivity index (χ1) is 7.15. The summed E-state index contributed by atoms with van der Waals surface area (Å²) in [4.78, 5) is 11.1. The first-order valence-electron chi connectivity index (χ1n) is 4.82. The summed E-state index contributed by atoms with van der Waals surface area (Å²) in [6.07, 6.45) is 1.11. The zero-order valence-electron chi connectivity index (χ0n) is 8.43. The molecule has 78 valence electrons. The van der Waals surface area contributed by atoms with Crippen molar-refractivity contribution in [1.29, 1.82) is 0 Å². The van der Waals surface area contributed by atoms with E-state index in [-0.39, 0.29) is 11.9 Å². The van der Waals surface area contributed by atoms with Crippen molar-refractivity contribution >= 4 is 5.97 Å². The van der Waals surface area contributed by atoms with Crippen LogP contribution in [0, 0.1) is 6.92 Å². The predicted molar refractivity (Wildman–Crippen MR) is 55.3 cm³/mol. The van der Waals surface area contributed by atoms with Crippen LogP contribution in [-0.4, -0.2) is 11.1 Å². The van der Waals surface area contributed by atoms with Crippen LogP contribution in [0.2, 0.25) is 0 Å². The number of aliphatic hydroxyl groups is 1. The molecule has 0 saturated carbocycles. The number of cyclic esters (lactones) is 1. The number of carbonyl (C=O) groups excluding carboxylic acids is 1. The zero-order valence-corrected chi connectivity index (χ0v) is 8.43. The van der Waals surface area contributed by atoms with Gasteiger partial charge >= 0.3 is 5.97 Å². The molecule has 0 amide bonds. The Balaban J connectivity index is 2.26. The summed E-state index contributed by atoms with van der Waals surface area (Å²) < 4.78 is 5.12. The van der Waals surface area contributed by atoms with E-state index in [0.717, 1.165) is 17.2 Å². The standard InChI is InChI=1S/C12H12O3/c1-8-3-2-4-9(5-8)11-6-10(13)7-12(14)15-11/h2-5,7,11,13H,6H2,1H3. The molecule has 1 atom stereocenters. The lowest BCUT2D eigenvalue weighted by molar-refractivity contribution is -0.145. The van der Waals surface area contributed by atoms with Crippen LogP contribution in [0.25, 0.3) is 0 Å². The normalized spacial score (nSPS) is 20.7. The first-order valence-corrected chi connectivity index (χ1v) is 4.82. The van der Waals surface area contributed by atoms with Gasteiger partial charge in [0, 0.05) is 6.42 Å². The number of rotatable bonds is 1. The predicted octanol–water partition coefficient (Wildman–Crippen LogP) is 2.42. The average Bonchev–Trinajstić information content (AvgIpc) is 2.16. The fourth-order valence-electron chi connectivity index (χ4n) is 1.66. The summed E-state index contributed by atoms with van der Waals surface area (Å²) in [6.45, 7) is 1.98. The molecule has 1 aromatic rings. The molecule has 1 aliphatic heterocycles. The molecule has 3 nitrogen and oxygen atoms in total. The van der Waals surface area contributed by atoms with E-state index in [4.69, 9.17) is 4.74 Å². The Morgan fingerprint density at radius 1 is 1.47 bits per heavy atom. The van der Waals surface area contributed by atoms with Gasteiger partial charge in [-0.3, -0.25) is 0 Å². The van der Waals surface area contributed by atoms with Crippen LogP contribution in [0.15, 0.2) is 36.1 Å². The second-order valence-corrected chi connectivity index (χ2v) is 3.68. The van der Waals surface area contributed by atoms with Gasteiger partial charge in [0.1, 0.15) is 11.9 Å². The third-order valence-corrected chi connectivity index (χ3v) is 2.35. The minimum atomic E-state index is -0.481. The van der Waals surface area contributed by atoms with Gasteiger partial charge in [0.2, 0.25) is 0 Å². The minimum Gasteiger partial charge on any atom is -0.512 e. The quantitative estimate of drug-likeness (QED) is 0.714. The number of aryl methyl sites for hydroxylation is 1. The number of ether oxygens (including phenoxy) is 1. The molecule has 2 rings (SSSR count). The molecule has 1 heterocycles. The molecule has 1 aliphatic rings. The highest BCUT2D eigenvalue weighted by molar-refractivity contribution is 5.83. The fraction of sp³-hybridized carbons (Fsp3) is 0.250. The van der Waals surface area contributed by atoms with Gasteiger partial charge in [-0.1, -0.05) is 29.8 Å². The molecule has 0 aliphatic carbocycles. The van der Waals surface area contributed by atoms with Crippen molar-refractivity contribution in [2.45, 2.75) is 19.4 Å². The van der Waals surface area contributed by atoms with Gasteiger partial charge in [-0.25, -0.2) is 4.79 Å². The SMILES string of the molecule is Cc1cccc(C2CC(O)=CC(=O)O2)c1. The number of esters is 1. The van der Waals surface area contributed by atoms with Crippen LogP contribution >= 0.6 is 0 Å². The molecule has 3 heteroatoms. The van der Waals surface area contributed by atoms with E-state index in [1.54, 1.807) is 0 Å². The lowest BCUT2D eigenvalue weighted by Gasteiger charge is -2.21. The Kier molecular flexibility index (Phi) is 2.46. The van der Waals surface area contributed by atoms with Crippen LogP contribution in [0.3, 0.4) is 0 Å². The molecule has 0 aromatic heterocycles. The summed E-state index contributed by atoms with van der Waals surface area (Å²) in [5.74, 6) is -0.400. The van der Waals surface area contributed by atoms with Crippen LogP contribution in [0.5, 0.6) is 0 Å². The monoisotopic (exact) mass is 204 g/mol. The highest BCUT2D eigenvalue weighted by atomic mass is 16.5. The number of aliphatic hydroxyl groups excluding tert-OH is 1. The van der Waals surface area contributed by atoms with Crippen molar-refractivity contribution in [1.82, 2.24) is 0 Å². The van der Waals surface area contributed by atoms with E-state index in [0.29, 0.717) is 6.42 Å². The molecular weight excluding hydrogens is 192 g/mol. The minimum absolute atomic E-state index is 0.0813. The third kappa shape index (κ3) is 2.18. The van der Waals surface area contributed by atoms with Gasteiger partial charge in [0.05, 0.1) is 6.08 Å². The van der Waals surface area contributed by atoms with E-state index >= 15 is 0 Å². The van der Waals surface area contributed by atoms with E-state index in [9.17, 15) is 9.90 Å². The Labute approximate surface area is 88.0 Å². The molecule has 0 saturated heterocycles. The van der Waals surface area contributed by atoms with E-state index in [1.807, 2.05) is 31.2 Å². The topological polar surface area (TPSA) is 46.5 Å². The molecule has 0 bridgehead atoms. The lowest BCUT2D eigenvalue weighted by atomic mass is 10.0. The van der Waals surface area contributed by atoms with E-state index in [2.05, 4.69) is 0 Å². The van der Waals surface area contributed by atoms with Crippen LogP contribution in [-0.2, 0) is 9.53 Å². The largest absolute Gasteiger partial charge is 0.512 e. The molecule has 1 aromatic carbocycles. The number of benzene rings is 1. The van der Waals surface area contributed by atoms with Crippen LogP contribution < -0.4 is 0 Å². The van der Waals surface area contributed by atoms with Crippen molar-refractivity contribution in [2.75, 3.05) is 0 Å². The van der Waals surface area contributed by atoms with Gasteiger partial charge in [-0.2, -0.15) is 0 Å². The maximum absolute atomic E-state index is 11.1. The Morgan fingerprint density at radius 3 is 2.93 bits per heavy atom. The van der Waals surface area contributed by atoms with Crippen LogP contribution in [0.4, 0.5) is 0 Å². The lowest BCUT2D eigenvalue weighted by Crippen LogP contribution is -2.16. The number of hydrogen-bond donors (Lipinski definition) is 1. The number of hydrogen-bond acceptors (Lipinski definition) is 3. The van der Waals surface area contributed by atoms with Crippen LogP contribution in [0.1, 0.15) is 23.7 Å². The van der Waals surface area contributed by atoms with Crippen molar-refractivity contribution in [3.63, 3.8) is 0 Å². The smallest absolute Gasteiger partial charge is 0.334 e. The Morgan fingerprint density at radius 2 is 2.27 bits per heavy atom. The van der Waals surface area contributed by atoms with Gasteiger partial charge in [0.15, 0.2) is 0 Å². The van der Waals surface area contributed by atoms with Gasteiger partial charge in [-0.05, 0) is 12.5 Å². The summed E-state index contributed by atoms with van der Waals surface area (Å²) >= 11 is 0. The molecule has 1 N–H and O–H groups in total. The molecule has 0 fully saturated rings. The number of carbonyl (C=O) groups is 1. The molecule has 1 unspecified atom stereocenters. The summed E-state index contributed by atoms with van der Waals surface area (Å²) in [6, 6.07) is 7.73. The maximum Gasteiger partial charge on any atom is 0.334 e. The van der Waals surface area contributed by atoms with Crippen molar-refractivity contribution < 1.29 is 14.6 Å². The summed E-state index contributed by atoms with van der Waals surface area (Å²) in [7, 11) is 0. The Bertz CT molecular complexity index is 421. The van der Waals surface area contributed by atoms with Gasteiger partial charge in [-0.15, -0.1) is 0 Å². The van der Waals surface area contributed by atoms with Crippen molar-refractivity contribution in [3.8, 4) is 0 Å². The highest BCUT2D eigenvalue weighted by Gasteiger charge is 2.22. The first kappa shape index (κ1) is 9.77. The molecule has 0 radical (unpaired) electrons. The average molecular weight is 204 g/mol. The fourth-order valence-corrected chi connectivity index (χ4v) is 1.66. The van der Waals surface area contributed by atoms with E-state index in [1.165, 1.54) is 0 Å². The summed E-state index contributed by atoms with van der Waals surface area (Å²) in [5, 5.41) is 9.34. The van der Waals surface area contributed by atoms with Crippen molar-refractivity contribution in [2.24, 2.45) is 0 Å². The second kappa shape index (κ2) is 3.77. The highest BCUT2D eigenvalue weighted by Crippen LogP contribution is 2.28. The third-order valence-electron chi connectivity index (χ3n) is 2.35. The molecular formula is C12H12O3. The zero-order chi connectivity index (χ0) is 10.8. The second-order valence-electron chi connectivity index (χ2n) is 3.68. The van der Waals surface area contributed by atoms with Gasteiger partial charge in [0.25, 0.3) is 0 Å².